The van der Waals surface area contributed by atoms with Crippen molar-refractivity contribution in [3.63, 3.8) is 0 Å². The summed E-state index contributed by atoms with van der Waals surface area (Å²) in [6, 6.07) is 0.323. The van der Waals surface area contributed by atoms with Gasteiger partial charge in [-0.1, -0.05) is 12.8 Å². The fraction of sp³-hybridized carbons (Fsp3) is 0.867. The summed E-state index contributed by atoms with van der Waals surface area (Å²) in [5.41, 5.74) is 0. The molecule has 1 atom stereocenters. The van der Waals surface area contributed by atoms with Crippen molar-refractivity contribution in [3.8, 4) is 0 Å². The summed E-state index contributed by atoms with van der Waals surface area (Å²) in [7, 11) is -1.65. The Balaban J connectivity index is 1.71. The number of carbonyl (C=O) groups excluding carboxylic acids is 2. The van der Waals surface area contributed by atoms with Crippen molar-refractivity contribution in [2.24, 2.45) is 5.92 Å². The maximum Gasteiger partial charge on any atom is 0.225 e. The Morgan fingerprint density at radius 1 is 1.35 bits per heavy atom. The number of hydrogen-bond acceptors (Lipinski definition) is 4. The minimum Gasteiger partial charge on any atom is -0.356 e. The first-order valence-corrected chi connectivity index (χ1v) is 10.1. The molecule has 23 heavy (non-hydrogen) atoms. The van der Waals surface area contributed by atoms with Gasteiger partial charge in [-0.25, -0.2) is 12.7 Å². The van der Waals surface area contributed by atoms with Crippen molar-refractivity contribution in [3.05, 3.63) is 0 Å². The third-order valence-corrected chi connectivity index (χ3v) is 6.12. The summed E-state index contributed by atoms with van der Waals surface area (Å²) in [4.78, 5) is 26.1. The second-order valence-electron chi connectivity index (χ2n) is 6.61. The van der Waals surface area contributed by atoms with Gasteiger partial charge in [0.25, 0.3) is 0 Å². The molecule has 0 aromatic carbocycles. The zero-order valence-electron chi connectivity index (χ0n) is 14.0. The molecule has 1 heterocycles. The maximum atomic E-state index is 12.2. The van der Waals surface area contributed by atoms with Gasteiger partial charge in [0.15, 0.2) is 0 Å². The maximum absolute atomic E-state index is 12.2. The van der Waals surface area contributed by atoms with Gasteiger partial charge >= 0.3 is 0 Å². The number of hydrogen-bond donors (Lipinski definition) is 1. The minimum atomic E-state index is -3.17. The normalized spacial score (nSPS) is 23.0. The van der Waals surface area contributed by atoms with Gasteiger partial charge in [-0.05, 0) is 19.3 Å². The Labute approximate surface area is 138 Å². The first-order chi connectivity index (χ1) is 10.8. The monoisotopic (exact) mass is 345 g/mol. The number of nitrogens with zero attached hydrogens (tertiary/aromatic N) is 2. The van der Waals surface area contributed by atoms with E-state index in [1.165, 1.54) is 24.2 Å². The van der Waals surface area contributed by atoms with E-state index in [4.69, 9.17) is 0 Å². The van der Waals surface area contributed by atoms with Crippen LogP contribution in [0.2, 0.25) is 0 Å². The van der Waals surface area contributed by atoms with Gasteiger partial charge in [0, 0.05) is 39.1 Å². The first-order valence-electron chi connectivity index (χ1n) is 8.27. The lowest BCUT2D eigenvalue weighted by Gasteiger charge is -2.23. The van der Waals surface area contributed by atoms with Crippen molar-refractivity contribution in [1.82, 2.24) is 14.5 Å². The fourth-order valence-electron chi connectivity index (χ4n) is 3.30. The van der Waals surface area contributed by atoms with Gasteiger partial charge in [-0.2, -0.15) is 0 Å². The highest BCUT2D eigenvalue weighted by Crippen LogP contribution is 2.29. The van der Waals surface area contributed by atoms with Crippen molar-refractivity contribution in [2.45, 2.75) is 44.6 Å². The molecule has 7 nitrogen and oxygen atoms in total. The largest absolute Gasteiger partial charge is 0.356 e. The molecular weight excluding hydrogens is 318 g/mol. The van der Waals surface area contributed by atoms with Crippen molar-refractivity contribution < 1.29 is 18.0 Å². The van der Waals surface area contributed by atoms with Crippen LogP contribution in [0.1, 0.15) is 38.5 Å². The molecule has 0 aromatic heterocycles. The third-order valence-electron chi connectivity index (χ3n) is 4.81. The second kappa shape index (κ2) is 7.61. The first kappa shape index (κ1) is 18.2. The molecule has 1 saturated heterocycles. The summed E-state index contributed by atoms with van der Waals surface area (Å²) in [5, 5.41) is 2.82. The Kier molecular flexibility index (Phi) is 6.02. The van der Waals surface area contributed by atoms with Crippen molar-refractivity contribution in [1.29, 1.82) is 0 Å². The predicted molar refractivity (Wildman–Crippen MR) is 87.2 cm³/mol. The number of nitrogens with one attached hydrogen (secondary N) is 1. The SMILES string of the molecule is CN(CCCNC(=O)C1CC(=O)N(C2CCCC2)C1)S(C)(=O)=O. The van der Waals surface area contributed by atoms with Crippen LogP contribution < -0.4 is 5.32 Å². The van der Waals surface area contributed by atoms with Crippen LogP contribution in [0.15, 0.2) is 0 Å². The Morgan fingerprint density at radius 3 is 2.61 bits per heavy atom. The van der Waals surface area contributed by atoms with Gasteiger partial charge < -0.3 is 10.2 Å². The lowest BCUT2D eigenvalue weighted by Crippen LogP contribution is -2.37. The van der Waals surface area contributed by atoms with Gasteiger partial charge in [-0.15, -0.1) is 0 Å². The average Bonchev–Trinajstić information content (AvgIpc) is 3.10. The molecule has 0 radical (unpaired) electrons. The number of sulfonamides is 1. The summed E-state index contributed by atoms with van der Waals surface area (Å²) < 4.78 is 23.8. The quantitative estimate of drug-likeness (QED) is 0.667. The smallest absolute Gasteiger partial charge is 0.225 e. The van der Waals surface area contributed by atoms with Gasteiger partial charge in [-0.3, -0.25) is 9.59 Å². The molecular formula is C15H27N3O4S. The van der Waals surface area contributed by atoms with E-state index in [9.17, 15) is 18.0 Å². The molecule has 2 fully saturated rings. The van der Waals surface area contributed by atoms with Crippen molar-refractivity contribution >= 4 is 21.8 Å². The topological polar surface area (TPSA) is 86.8 Å². The molecule has 1 aliphatic carbocycles. The zero-order chi connectivity index (χ0) is 17.0. The second-order valence-corrected chi connectivity index (χ2v) is 8.70. The molecule has 2 amide bonds. The van der Waals surface area contributed by atoms with E-state index in [-0.39, 0.29) is 17.7 Å². The average molecular weight is 345 g/mol. The molecule has 1 aliphatic heterocycles. The van der Waals surface area contributed by atoms with E-state index >= 15 is 0 Å². The van der Waals surface area contributed by atoms with Crippen LogP contribution in [-0.2, 0) is 19.6 Å². The van der Waals surface area contributed by atoms with Crippen molar-refractivity contribution in [2.75, 3.05) is 32.9 Å². The summed E-state index contributed by atoms with van der Waals surface area (Å²) in [5.74, 6) is -0.273. The van der Waals surface area contributed by atoms with E-state index in [1.54, 1.807) is 0 Å². The van der Waals surface area contributed by atoms with Crippen LogP contribution in [-0.4, -0.2) is 68.4 Å². The van der Waals surface area contributed by atoms with Crippen LogP contribution in [0.4, 0.5) is 0 Å². The van der Waals surface area contributed by atoms with Crippen LogP contribution in [0.5, 0.6) is 0 Å². The van der Waals surface area contributed by atoms with Gasteiger partial charge in [0.1, 0.15) is 0 Å². The summed E-state index contributed by atoms with van der Waals surface area (Å²) in [6.07, 6.45) is 6.45. The Hall–Kier alpha value is -1.15. The standard InChI is InChI=1S/C15H27N3O4S/c1-17(23(2,21)22)9-5-8-16-15(20)12-10-14(19)18(11-12)13-6-3-4-7-13/h12-13H,3-11H2,1-2H3,(H,16,20). The van der Waals surface area contributed by atoms with E-state index in [0.29, 0.717) is 38.5 Å². The Bertz CT molecular complexity index is 543. The highest BCUT2D eigenvalue weighted by molar-refractivity contribution is 7.88. The minimum absolute atomic E-state index is 0.0915. The number of likely N-dealkylation sites (tertiary alicyclic amines) is 1. The van der Waals surface area contributed by atoms with Crippen LogP contribution in [0.3, 0.4) is 0 Å². The molecule has 0 spiro atoms. The van der Waals surface area contributed by atoms with E-state index in [0.717, 1.165) is 19.1 Å². The van der Waals surface area contributed by atoms with E-state index < -0.39 is 10.0 Å². The van der Waals surface area contributed by atoms with Crippen LogP contribution >= 0.6 is 0 Å². The zero-order valence-corrected chi connectivity index (χ0v) is 14.8. The number of carbonyl (C=O) groups is 2. The molecule has 1 N–H and O–H groups in total. The highest BCUT2D eigenvalue weighted by Gasteiger charge is 2.38. The lowest BCUT2D eigenvalue weighted by molar-refractivity contribution is -0.130. The number of rotatable bonds is 7. The van der Waals surface area contributed by atoms with E-state index in [1.807, 2.05) is 4.90 Å². The third kappa shape index (κ3) is 4.91. The lowest BCUT2D eigenvalue weighted by atomic mass is 10.1. The molecule has 132 valence electrons. The highest BCUT2D eigenvalue weighted by atomic mass is 32.2. The van der Waals surface area contributed by atoms with Crippen LogP contribution in [0.25, 0.3) is 0 Å². The molecule has 1 saturated carbocycles. The fourth-order valence-corrected chi connectivity index (χ4v) is 3.76. The van der Waals surface area contributed by atoms with Gasteiger partial charge in [0.05, 0.1) is 12.2 Å². The molecule has 2 rings (SSSR count). The van der Waals surface area contributed by atoms with Gasteiger partial charge in [0.2, 0.25) is 21.8 Å². The molecule has 2 aliphatic rings. The summed E-state index contributed by atoms with van der Waals surface area (Å²) in [6.45, 7) is 1.32. The van der Waals surface area contributed by atoms with E-state index in [2.05, 4.69) is 5.32 Å². The molecule has 0 bridgehead atoms. The Morgan fingerprint density at radius 2 is 2.00 bits per heavy atom. The molecule has 1 unspecified atom stereocenters. The predicted octanol–water partition coefficient (Wildman–Crippen LogP) is 0.175. The molecule has 8 heteroatoms. The molecule has 0 aromatic rings. The number of amides is 2. The summed E-state index contributed by atoms with van der Waals surface area (Å²) >= 11 is 0. The van der Waals surface area contributed by atoms with Crippen LogP contribution in [0, 0.1) is 5.92 Å².